The van der Waals surface area contributed by atoms with Gasteiger partial charge in [-0.1, -0.05) is 29.4 Å². The summed E-state index contributed by atoms with van der Waals surface area (Å²) >= 11 is -0.583. The zero-order valence-electron chi connectivity index (χ0n) is 8.40. The highest BCUT2D eigenvalue weighted by atomic mass is 32.2. The summed E-state index contributed by atoms with van der Waals surface area (Å²) in [6, 6.07) is 8.39. The SMILES string of the molecule is Cc1ccccc1N1CC[S+]([O-])CC1. The molecule has 0 saturated carbocycles. The Morgan fingerprint density at radius 1 is 1.21 bits per heavy atom. The largest absolute Gasteiger partial charge is 0.616 e. The molecule has 1 aromatic carbocycles. The summed E-state index contributed by atoms with van der Waals surface area (Å²) in [6.45, 7) is 3.98. The molecule has 1 aliphatic heterocycles. The van der Waals surface area contributed by atoms with Crippen LogP contribution in [0.1, 0.15) is 5.56 Å². The maximum absolute atomic E-state index is 11.2. The van der Waals surface area contributed by atoms with Crippen LogP contribution in [0.25, 0.3) is 0 Å². The fourth-order valence-electron chi connectivity index (χ4n) is 1.80. The predicted octanol–water partition coefficient (Wildman–Crippen LogP) is 1.56. The van der Waals surface area contributed by atoms with E-state index in [4.69, 9.17) is 0 Å². The molecule has 3 heteroatoms. The lowest BCUT2D eigenvalue weighted by Crippen LogP contribution is -2.40. The van der Waals surface area contributed by atoms with Gasteiger partial charge < -0.3 is 9.45 Å². The number of benzene rings is 1. The average molecular weight is 209 g/mol. The molecule has 76 valence electrons. The Morgan fingerprint density at radius 2 is 1.86 bits per heavy atom. The summed E-state index contributed by atoms with van der Waals surface area (Å²) < 4.78 is 11.2. The Balaban J connectivity index is 2.12. The molecule has 0 N–H and O–H groups in total. The normalized spacial score (nSPS) is 18.6. The van der Waals surface area contributed by atoms with E-state index in [1.807, 2.05) is 0 Å². The van der Waals surface area contributed by atoms with Crippen molar-refractivity contribution in [3.05, 3.63) is 29.8 Å². The van der Waals surface area contributed by atoms with Gasteiger partial charge in [0, 0.05) is 5.69 Å². The van der Waals surface area contributed by atoms with Crippen LogP contribution in [0.15, 0.2) is 24.3 Å². The zero-order valence-corrected chi connectivity index (χ0v) is 9.22. The number of hydrogen-bond donors (Lipinski definition) is 0. The summed E-state index contributed by atoms with van der Waals surface area (Å²) in [5.41, 5.74) is 2.60. The molecule has 14 heavy (non-hydrogen) atoms. The Kier molecular flexibility index (Phi) is 2.99. The molecule has 0 aromatic heterocycles. The molecule has 0 bridgehead atoms. The third-order valence-corrected chi connectivity index (χ3v) is 3.91. The number of nitrogens with zero attached hydrogens (tertiary/aromatic N) is 1. The second kappa shape index (κ2) is 4.24. The molecule has 2 nitrogen and oxygen atoms in total. The summed E-state index contributed by atoms with van der Waals surface area (Å²) in [6.07, 6.45) is 0. The minimum absolute atomic E-state index is 0.583. The molecule has 1 heterocycles. The van der Waals surface area contributed by atoms with E-state index in [1.54, 1.807) is 0 Å². The van der Waals surface area contributed by atoms with E-state index in [0.29, 0.717) is 0 Å². The second-order valence-corrected chi connectivity index (χ2v) is 5.32. The summed E-state index contributed by atoms with van der Waals surface area (Å²) in [5.74, 6) is 1.63. The standard InChI is InChI=1S/C11H15NOS/c1-10-4-2-3-5-11(10)12-6-8-14(13)9-7-12/h2-5H,6-9H2,1H3. The van der Waals surface area contributed by atoms with E-state index in [9.17, 15) is 4.55 Å². The van der Waals surface area contributed by atoms with E-state index in [0.717, 1.165) is 24.6 Å². The smallest absolute Gasteiger partial charge is 0.123 e. The fraction of sp³-hybridized carbons (Fsp3) is 0.455. The number of rotatable bonds is 1. The van der Waals surface area contributed by atoms with Gasteiger partial charge in [0.2, 0.25) is 0 Å². The van der Waals surface area contributed by atoms with Crippen molar-refractivity contribution in [2.45, 2.75) is 6.92 Å². The van der Waals surface area contributed by atoms with E-state index >= 15 is 0 Å². The lowest BCUT2D eigenvalue weighted by Gasteiger charge is -2.30. The molecule has 1 saturated heterocycles. The number of aryl methyl sites for hydroxylation is 1. The van der Waals surface area contributed by atoms with Crippen molar-refractivity contribution in [3.8, 4) is 0 Å². The van der Waals surface area contributed by atoms with Crippen molar-refractivity contribution in [3.63, 3.8) is 0 Å². The van der Waals surface area contributed by atoms with E-state index in [2.05, 4.69) is 36.1 Å². The van der Waals surface area contributed by atoms with Gasteiger partial charge in [0.15, 0.2) is 0 Å². The summed E-state index contributed by atoms with van der Waals surface area (Å²) in [5, 5.41) is 0. The lowest BCUT2D eigenvalue weighted by atomic mass is 10.2. The first-order valence-electron chi connectivity index (χ1n) is 4.93. The molecular formula is C11H15NOS. The minimum Gasteiger partial charge on any atom is -0.616 e. The highest BCUT2D eigenvalue weighted by Crippen LogP contribution is 2.21. The average Bonchev–Trinajstić information content (AvgIpc) is 2.20. The minimum atomic E-state index is -0.583. The van der Waals surface area contributed by atoms with Crippen molar-refractivity contribution in [1.29, 1.82) is 0 Å². The lowest BCUT2D eigenvalue weighted by molar-refractivity contribution is 0.585. The first kappa shape index (κ1) is 9.87. The Bertz CT molecular complexity index is 308. The van der Waals surface area contributed by atoms with Crippen LogP contribution in [0.5, 0.6) is 0 Å². The van der Waals surface area contributed by atoms with Gasteiger partial charge >= 0.3 is 0 Å². The predicted molar refractivity (Wildman–Crippen MR) is 61.3 cm³/mol. The van der Waals surface area contributed by atoms with Crippen LogP contribution in [-0.4, -0.2) is 29.1 Å². The van der Waals surface area contributed by atoms with Crippen molar-refractivity contribution < 1.29 is 4.55 Å². The summed E-state index contributed by atoms with van der Waals surface area (Å²) in [7, 11) is 0. The third-order valence-electron chi connectivity index (χ3n) is 2.63. The van der Waals surface area contributed by atoms with Gasteiger partial charge in [0.05, 0.1) is 13.1 Å². The Hall–Kier alpha value is -0.670. The highest BCUT2D eigenvalue weighted by molar-refractivity contribution is 7.91. The van der Waals surface area contributed by atoms with Gasteiger partial charge in [-0.05, 0) is 18.6 Å². The van der Waals surface area contributed by atoms with Crippen molar-refractivity contribution in [2.75, 3.05) is 29.5 Å². The van der Waals surface area contributed by atoms with Crippen molar-refractivity contribution in [1.82, 2.24) is 0 Å². The Morgan fingerprint density at radius 3 is 2.50 bits per heavy atom. The molecule has 0 spiro atoms. The maximum Gasteiger partial charge on any atom is 0.123 e. The first-order valence-corrected chi connectivity index (χ1v) is 6.42. The maximum atomic E-state index is 11.2. The zero-order chi connectivity index (χ0) is 9.97. The van der Waals surface area contributed by atoms with Gasteiger partial charge in [-0.2, -0.15) is 0 Å². The van der Waals surface area contributed by atoms with Crippen LogP contribution in [0.2, 0.25) is 0 Å². The third kappa shape index (κ3) is 2.04. The van der Waals surface area contributed by atoms with Crippen LogP contribution in [0.4, 0.5) is 5.69 Å². The quantitative estimate of drug-likeness (QED) is 0.656. The molecule has 1 fully saturated rings. The number of para-hydroxylation sites is 1. The Labute approximate surface area is 88.1 Å². The second-order valence-electron chi connectivity index (χ2n) is 3.62. The van der Waals surface area contributed by atoms with Crippen LogP contribution >= 0.6 is 0 Å². The number of hydrogen-bond acceptors (Lipinski definition) is 2. The molecule has 1 aliphatic rings. The van der Waals surface area contributed by atoms with Crippen LogP contribution in [0.3, 0.4) is 0 Å². The first-order chi connectivity index (χ1) is 6.77. The van der Waals surface area contributed by atoms with Crippen molar-refractivity contribution >= 4 is 16.9 Å². The molecular weight excluding hydrogens is 194 g/mol. The monoisotopic (exact) mass is 209 g/mol. The van der Waals surface area contributed by atoms with Gasteiger partial charge in [-0.25, -0.2) is 0 Å². The van der Waals surface area contributed by atoms with Gasteiger partial charge in [0.1, 0.15) is 11.5 Å². The van der Waals surface area contributed by atoms with Gasteiger partial charge in [-0.3, -0.25) is 0 Å². The van der Waals surface area contributed by atoms with E-state index < -0.39 is 11.2 Å². The van der Waals surface area contributed by atoms with Crippen LogP contribution < -0.4 is 4.90 Å². The van der Waals surface area contributed by atoms with Gasteiger partial charge in [0.25, 0.3) is 0 Å². The van der Waals surface area contributed by atoms with Crippen molar-refractivity contribution in [2.24, 2.45) is 0 Å². The molecule has 0 radical (unpaired) electrons. The molecule has 1 aromatic rings. The molecule has 0 aliphatic carbocycles. The number of anilines is 1. The molecule has 0 atom stereocenters. The highest BCUT2D eigenvalue weighted by Gasteiger charge is 2.19. The molecule has 0 amide bonds. The topological polar surface area (TPSA) is 26.3 Å². The summed E-state index contributed by atoms with van der Waals surface area (Å²) in [4.78, 5) is 2.33. The van der Waals surface area contributed by atoms with E-state index in [-0.39, 0.29) is 0 Å². The molecule has 0 unspecified atom stereocenters. The van der Waals surface area contributed by atoms with Crippen LogP contribution in [-0.2, 0) is 11.2 Å². The fourth-order valence-corrected chi connectivity index (χ4v) is 2.85. The van der Waals surface area contributed by atoms with Gasteiger partial charge in [-0.15, -0.1) is 0 Å². The van der Waals surface area contributed by atoms with Crippen LogP contribution in [0, 0.1) is 6.92 Å². The molecule has 2 rings (SSSR count). The van der Waals surface area contributed by atoms with E-state index in [1.165, 1.54) is 11.3 Å².